The molecular weight excluding hydrogens is 464 g/mol. The topological polar surface area (TPSA) is 103 Å². The molecule has 1 aliphatic heterocycles. The third-order valence-corrected chi connectivity index (χ3v) is 7.72. The Hall–Kier alpha value is -3.08. The number of carbonyl (C=O) groups excluding carboxylic acids is 2. The maximum Gasteiger partial charge on any atom is 0.338 e. The second-order valence-corrected chi connectivity index (χ2v) is 10.1. The van der Waals surface area contributed by atoms with Gasteiger partial charge in [0, 0.05) is 24.0 Å². The molecule has 1 aliphatic rings. The van der Waals surface area contributed by atoms with Gasteiger partial charge in [-0.1, -0.05) is 0 Å². The zero-order valence-corrected chi connectivity index (χ0v) is 19.3. The van der Waals surface area contributed by atoms with Gasteiger partial charge in [0.1, 0.15) is 12.4 Å². The molecule has 0 N–H and O–H groups in total. The average molecular weight is 487 g/mol. The highest BCUT2D eigenvalue weighted by molar-refractivity contribution is 7.89. The molecule has 0 bridgehead atoms. The largest absolute Gasteiger partial charge is 0.487 e. The summed E-state index contributed by atoms with van der Waals surface area (Å²) in [6.07, 6.45) is 1.70. The van der Waals surface area contributed by atoms with E-state index in [0.29, 0.717) is 25.4 Å². The first-order chi connectivity index (χ1) is 15.9. The number of hydrogen-bond acceptors (Lipinski definition) is 8. The Morgan fingerprint density at radius 2 is 1.64 bits per heavy atom. The van der Waals surface area contributed by atoms with Gasteiger partial charge in [0.05, 0.1) is 21.7 Å². The van der Waals surface area contributed by atoms with Crippen LogP contribution in [-0.4, -0.2) is 49.2 Å². The minimum absolute atomic E-state index is 0.148. The van der Waals surface area contributed by atoms with Crippen LogP contribution in [0, 0.1) is 0 Å². The maximum absolute atomic E-state index is 12.6. The van der Waals surface area contributed by atoms with Gasteiger partial charge in [0.2, 0.25) is 10.0 Å². The van der Waals surface area contributed by atoms with E-state index in [1.807, 2.05) is 5.38 Å². The summed E-state index contributed by atoms with van der Waals surface area (Å²) in [4.78, 5) is 28.9. The number of benzene rings is 2. The van der Waals surface area contributed by atoms with Crippen LogP contribution >= 0.6 is 11.3 Å². The number of carbonyl (C=O) groups is 2. The van der Waals surface area contributed by atoms with Gasteiger partial charge in [0.25, 0.3) is 0 Å². The molecular formula is C23H22N2O6S2. The number of rotatable bonds is 9. The molecule has 0 amide bonds. The number of nitrogens with zero attached hydrogens (tertiary/aromatic N) is 2. The van der Waals surface area contributed by atoms with Gasteiger partial charge in [-0.25, -0.2) is 18.2 Å². The molecule has 0 spiro atoms. The van der Waals surface area contributed by atoms with E-state index in [2.05, 4.69) is 4.98 Å². The maximum atomic E-state index is 12.6. The Morgan fingerprint density at radius 1 is 0.970 bits per heavy atom. The van der Waals surface area contributed by atoms with E-state index >= 15 is 0 Å². The van der Waals surface area contributed by atoms with E-state index in [1.165, 1.54) is 39.9 Å². The molecule has 0 unspecified atom stereocenters. The van der Waals surface area contributed by atoms with Crippen molar-refractivity contribution in [3.63, 3.8) is 0 Å². The Balaban J connectivity index is 1.29. The summed E-state index contributed by atoms with van der Waals surface area (Å²) < 4.78 is 37.3. The van der Waals surface area contributed by atoms with Crippen LogP contribution in [0.2, 0.25) is 0 Å². The van der Waals surface area contributed by atoms with Crippen LogP contribution in [0.5, 0.6) is 5.75 Å². The van der Waals surface area contributed by atoms with Gasteiger partial charge < -0.3 is 9.47 Å². The van der Waals surface area contributed by atoms with Crippen molar-refractivity contribution >= 4 is 33.1 Å². The molecule has 0 saturated carbocycles. The second kappa shape index (κ2) is 10.2. The number of Topliss-reactive ketones (excluding diaryl/α,β-unsaturated/α-hetero) is 1. The molecule has 0 aliphatic carbocycles. The minimum Gasteiger partial charge on any atom is -0.487 e. The van der Waals surface area contributed by atoms with E-state index in [4.69, 9.17) is 9.47 Å². The molecule has 3 aromatic rings. The SMILES string of the molecule is O=C(COC(=O)c1ccc(OCc2cscn2)cc1)c1ccc(S(=O)(=O)N2CCCC2)cc1. The number of aromatic nitrogens is 1. The minimum atomic E-state index is -3.54. The third kappa shape index (κ3) is 5.65. The van der Waals surface area contributed by atoms with E-state index in [1.54, 1.807) is 29.8 Å². The lowest BCUT2D eigenvalue weighted by Crippen LogP contribution is -2.27. The molecule has 172 valence electrons. The lowest BCUT2D eigenvalue weighted by Gasteiger charge is -2.15. The van der Waals surface area contributed by atoms with Crippen molar-refractivity contribution in [2.75, 3.05) is 19.7 Å². The van der Waals surface area contributed by atoms with Crippen LogP contribution in [0.3, 0.4) is 0 Å². The molecule has 0 radical (unpaired) electrons. The number of esters is 1. The number of ether oxygens (including phenoxy) is 2. The third-order valence-electron chi connectivity index (χ3n) is 5.17. The number of sulfonamides is 1. The first-order valence-electron chi connectivity index (χ1n) is 10.3. The van der Waals surface area contributed by atoms with Crippen molar-refractivity contribution in [2.24, 2.45) is 0 Å². The fourth-order valence-corrected chi connectivity index (χ4v) is 5.40. The normalized spacial score (nSPS) is 14.2. The zero-order chi connectivity index (χ0) is 23.3. The van der Waals surface area contributed by atoms with E-state index in [0.717, 1.165) is 18.5 Å². The second-order valence-electron chi connectivity index (χ2n) is 7.43. The fraction of sp³-hybridized carbons (Fsp3) is 0.261. The summed E-state index contributed by atoms with van der Waals surface area (Å²) >= 11 is 1.49. The molecule has 1 saturated heterocycles. The molecule has 0 atom stereocenters. The molecule has 33 heavy (non-hydrogen) atoms. The molecule has 1 aromatic heterocycles. The zero-order valence-electron chi connectivity index (χ0n) is 17.7. The highest BCUT2D eigenvalue weighted by Gasteiger charge is 2.27. The van der Waals surface area contributed by atoms with Crippen molar-refractivity contribution in [3.8, 4) is 5.75 Å². The van der Waals surface area contributed by atoms with Crippen LogP contribution in [-0.2, 0) is 21.4 Å². The van der Waals surface area contributed by atoms with Crippen molar-refractivity contribution in [2.45, 2.75) is 24.3 Å². The molecule has 2 heterocycles. The van der Waals surface area contributed by atoms with Crippen LogP contribution in [0.15, 0.2) is 64.3 Å². The Bertz CT molecular complexity index is 1200. The molecule has 2 aromatic carbocycles. The Morgan fingerprint density at radius 3 is 2.27 bits per heavy atom. The van der Waals surface area contributed by atoms with Crippen molar-refractivity contribution in [1.29, 1.82) is 0 Å². The number of hydrogen-bond donors (Lipinski definition) is 0. The van der Waals surface area contributed by atoms with Gasteiger partial charge in [-0.15, -0.1) is 11.3 Å². The smallest absolute Gasteiger partial charge is 0.338 e. The summed E-state index contributed by atoms with van der Waals surface area (Å²) in [6.45, 7) is 0.911. The van der Waals surface area contributed by atoms with Crippen LogP contribution in [0.1, 0.15) is 39.3 Å². The highest BCUT2D eigenvalue weighted by Crippen LogP contribution is 2.21. The number of ketones is 1. The first-order valence-corrected chi connectivity index (χ1v) is 12.7. The average Bonchev–Trinajstić information content (AvgIpc) is 3.56. The number of thiazole rings is 1. The van der Waals surface area contributed by atoms with Crippen LogP contribution in [0.25, 0.3) is 0 Å². The Kier molecular flexibility index (Phi) is 7.17. The van der Waals surface area contributed by atoms with Crippen molar-refractivity contribution < 1.29 is 27.5 Å². The predicted molar refractivity (Wildman–Crippen MR) is 122 cm³/mol. The molecule has 10 heteroatoms. The summed E-state index contributed by atoms with van der Waals surface area (Å²) in [6, 6.07) is 12.1. The van der Waals surface area contributed by atoms with Gasteiger partial charge in [-0.2, -0.15) is 4.31 Å². The standard InChI is InChI=1S/C23H22N2O6S2/c26-22(17-5-9-21(10-6-17)33(28,29)25-11-1-2-12-25)14-31-23(27)18-3-7-20(8-4-18)30-13-19-15-32-16-24-19/h3-10,15-16H,1-2,11-14H2. The predicted octanol–water partition coefficient (Wildman–Crippen LogP) is 3.55. The first kappa shape index (κ1) is 23.1. The summed E-state index contributed by atoms with van der Waals surface area (Å²) in [5, 5.41) is 1.89. The van der Waals surface area contributed by atoms with E-state index < -0.39 is 28.4 Å². The van der Waals surface area contributed by atoms with E-state index in [-0.39, 0.29) is 16.0 Å². The lowest BCUT2D eigenvalue weighted by atomic mass is 10.1. The molecule has 8 nitrogen and oxygen atoms in total. The monoisotopic (exact) mass is 486 g/mol. The highest BCUT2D eigenvalue weighted by atomic mass is 32.2. The quantitative estimate of drug-likeness (QED) is 0.337. The summed E-state index contributed by atoms with van der Waals surface area (Å²) in [5.41, 5.74) is 3.11. The Labute approximate surface area is 195 Å². The van der Waals surface area contributed by atoms with Gasteiger partial charge in [-0.05, 0) is 61.4 Å². The van der Waals surface area contributed by atoms with E-state index in [9.17, 15) is 18.0 Å². The summed E-state index contributed by atoms with van der Waals surface area (Å²) in [7, 11) is -3.54. The fourth-order valence-electron chi connectivity index (χ4n) is 3.34. The van der Waals surface area contributed by atoms with Crippen molar-refractivity contribution in [1.82, 2.24) is 9.29 Å². The van der Waals surface area contributed by atoms with Crippen molar-refractivity contribution in [3.05, 3.63) is 76.2 Å². The molecule has 4 rings (SSSR count). The van der Waals surface area contributed by atoms with Gasteiger partial charge >= 0.3 is 5.97 Å². The van der Waals surface area contributed by atoms with Crippen LogP contribution < -0.4 is 4.74 Å². The summed E-state index contributed by atoms with van der Waals surface area (Å²) in [5.74, 6) is -0.473. The molecule has 1 fully saturated rings. The van der Waals surface area contributed by atoms with Gasteiger partial charge in [0.15, 0.2) is 12.4 Å². The van der Waals surface area contributed by atoms with Crippen LogP contribution in [0.4, 0.5) is 0 Å². The van der Waals surface area contributed by atoms with Gasteiger partial charge in [-0.3, -0.25) is 4.79 Å². The lowest BCUT2D eigenvalue weighted by molar-refractivity contribution is 0.0474.